The van der Waals surface area contributed by atoms with Gasteiger partial charge in [0.15, 0.2) is 0 Å². The van der Waals surface area contributed by atoms with Crippen LogP contribution in [-0.4, -0.2) is 5.60 Å². The fourth-order valence-corrected chi connectivity index (χ4v) is 3.78. The molecular weight excluding hydrogens is 231 g/mol. The van der Waals surface area contributed by atoms with Gasteiger partial charge in [-0.25, -0.2) is 4.57 Å². The first kappa shape index (κ1) is 15.1. The van der Waals surface area contributed by atoms with E-state index in [9.17, 15) is 4.57 Å². The molecule has 0 heterocycles. The lowest BCUT2D eigenvalue weighted by Crippen LogP contribution is -2.35. The van der Waals surface area contributed by atoms with Crippen molar-refractivity contribution in [2.45, 2.75) is 78.2 Å². The van der Waals surface area contributed by atoms with Crippen LogP contribution in [0.5, 0.6) is 0 Å². The standard InChI is InChI=1S/C14H27O2P/c1-12(10-13(2,3)4)11-14(16-17-15)8-6-5-7-9-14/h12H,5-11H2,1-4H3. The van der Waals surface area contributed by atoms with Gasteiger partial charge in [-0.1, -0.05) is 47.0 Å². The van der Waals surface area contributed by atoms with Crippen LogP contribution in [0.2, 0.25) is 0 Å². The van der Waals surface area contributed by atoms with E-state index in [0.29, 0.717) is 11.3 Å². The minimum absolute atomic E-state index is 0.105. The second-order valence-electron chi connectivity index (χ2n) is 6.98. The van der Waals surface area contributed by atoms with Gasteiger partial charge in [-0.2, -0.15) is 0 Å². The third kappa shape index (κ3) is 5.48. The monoisotopic (exact) mass is 258 g/mol. The maximum absolute atomic E-state index is 10.8. The highest BCUT2D eigenvalue weighted by atomic mass is 31.1. The van der Waals surface area contributed by atoms with Gasteiger partial charge in [-0.05, 0) is 37.0 Å². The van der Waals surface area contributed by atoms with Crippen LogP contribution < -0.4 is 0 Å². The van der Waals surface area contributed by atoms with E-state index in [1.165, 1.54) is 25.7 Å². The van der Waals surface area contributed by atoms with Gasteiger partial charge in [0.1, 0.15) is 0 Å². The second kappa shape index (κ2) is 6.29. The lowest BCUT2D eigenvalue weighted by molar-refractivity contribution is 0.0158. The van der Waals surface area contributed by atoms with Crippen LogP contribution in [0.4, 0.5) is 0 Å². The molecule has 0 aromatic rings. The Hall–Kier alpha value is 0.0600. The molecule has 17 heavy (non-hydrogen) atoms. The molecular formula is C14H27O2P. The van der Waals surface area contributed by atoms with E-state index in [1.54, 1.807) is 0 Å². The van der Waals surface area contributed by atoms with Gasteiger partial charge in [-0.3, -0.25) is 4.52 Å². The summed E-state index contributed by atoms with van der Waals surface area (Å²) >= 11 is 0. The minimum atomic E-state index is -0.143. The van der Waals surface area contributed by atoms with E-state index in [0.717, 1.165) is 19.3 Å². The zero-order chi connectivity index (χ0) is 12.9. The van der Waals surface area contributed by atoms with Gasteiger partial charge in [0.05, 0.1) is 5.60 Å². The molecule has 1 rings (SSSR count). The highest BCUT2D eigenvalue weighted by Gasteiger charge is 2.35. The third-order valence-corrected chi connectivity index (χ3v) is 4.14. The number of hydrogen-bond acceptors (Lipinski definition) is 2. The lowest BCUT2D eigenvalue weighted by atomic mass is 9.75. The van der Waals surface area contributed by atoms with Crippen molar-refractivity contribution in [3.63, 3.8) is 0 Å². The molecule has 1 aliphatic carbocycles. The maximum atomic E-state index is 10.8. The molecule has 0 saturated heterocycles. The van der Waals surface area contributed by atoms with Crippen molar-refractivity contribution in [1.29, 1.82) is 0 Å². The van der Waals surface area contributed by atoms with Crippen molar-refractivity contribution in [2.75, 3.05) is 0 Å². The van der Waals surface area contributed by atoms with Gasteiger partial charge in [-0.15, -0.1) is 0 Å². The van der Waals surface area contributed by atoms with Crippen molar-refractivity contribution < 1.29 is 9.09 Å². The Labute approximate surface area is 108 Å². The molecule has 0 radical (unpaired) electrons. The smallest absolute Gasteiger partial charge is 0.288 e. The second-order valence-corrected chi connectivity index (χ2v) is 7.32. The predicted octanol–water partition coefficient (Wildman–Crippen LogP) is 5.38. The third-order valence-electron chi connectivity index (χ3n) is 3.68. The highest BCUT2D eigenvalue weighted by Crippen LogP contribution is 2.41. The SMILES string of the molecule is CC(CC(C)(C)C)CC1(OP=O)CCCCC1. The number of rotatable bonds is 5. The molecule has 0 N–H and O–H groups in total. The predicted molar refractivity (Wildman–Crippen MR) is 72.4 cm³/mol. The summed E-state index contributed by atoms with van der Waals surface area (Å²) in [6.07, 6.45) is 8.16. The molecule has 1 saturated carbocycles. The Morgan fingerprint density at radius 2 is 1.82 bits per heavy atom. The largest absolute Gasteiger partial charge is 0.327 e. The van der Waals surface area contributed by atoms with E-state index < -0.39 is 0 Å². The first-order valence-electron chi connectivity index (χ1n) is 6.88. The minimum Gasteiger partial charge on any atom is -0.288 e. The van der Waals surface area contributed by atoms with Gasteiger partial charge in [0, 0.05) is 0 Å². The summed E-state index contributed by atoms with van der Waals surface area (Å²) in [5.74, 6) is 0.634. The normalized spacial score (nSPS) is 22.6. The molecule has 1 aliphatic rings. The molecule has 1 unspecified atom stereocenters. The molecule has 3 heteroatoms. The summed E-state index contributed by atoms with van der Waals surface area (Å²) in [6.45, 7) is 9.14. The van der Waals surface area contributed by atoms with Gasteiger partial charge < -0.3 is 0 Å². The van der Waals surface area contributed by atoms with Crippen molar-refractivity contribution in [2.24, 2.45) is 11.3 Å². The van der Waals surface area contributed by atoms with Crippen LogP contribution in [-0.2, 0) is 9.09 Å². The van der Waals surface area contributed by atoms with Crippen LogP contribution in [0.3, 0.4) is 0 Å². The van der Waals surface area contributed by atoms with E-state index in [1.807, 2.05) is 0 Å². The molecule has 0 aliphatic heterocycles. The zero-order valence-corrected chi connectivity index (χ0v) is 12.7. The van der Waals surface area contributed by atoms with Crippen molar-refractivity contribution in [3.05, 3.63) is 0 Å². The van der Waals surface area contributed by atoms with Crippen LogP contribution >= 0.6 is 8.69 Å². The fourth-order valence-electron chi connectivity index (χ4n) is 3.36. The van der Waals surface area contributed by atoms with Crippen LogP contribution in [0.15, 0.2) is 0 Å². The van der Waals surface area contributed by atoms with Crippen molar-refractivity contribution in [3.8, 4) is 0 Å². The van der Waals surface area contributed by atoms with Crippen LogP contribution in [0.1, 0.15) is 72.6 Å². The Kier molecular flexibility index (Phi) is 5.60. The van der Waals surface area contributed by atoms with Crippen LogP contribution in [0, 0.1) is 11.3 Å². The molecule has 1 atom stereocenters. The molecule has 2 nitrogen and oxygen atoms in total. The fraction of sp³-hybridized carbons (Fsp3) is 1.00. The Morgan fingerprint density at radius 3 is 2.29 bits per heavy atom. The Bertz CT molecular complexity index is 239. The quantitative estimate of drug-likeness (QED) is 0.619. The molecule has 0 amide bonds. The first-order valence-corrected chi connectivity index (χ1v) is 7.61. The van der Waals surface area contributed by atoms with E-state index in [4.69, 9.17) is 4.52 Å². The Balaban J connectivity index is 2.56. The van der Waals surface area contributed by atoms with Crippen molar-refractivity contribution >= 4 is 8.69 Å². The summed E-state index contributed by atoms with van der Waals surface area (Å²) in [4.78, 5) is 0. The molecule has 0 aromatic carbocycles. The van der Waals surface area contributed by atoms with Gasteiger partial charge >= 0.3 is 8.69 Å². The van der Waals surface area contributed by atoms with Gasteiger partial charge in [0.25, 0.3) is 0 Å². The summed E-state index contributed by atoms with van der Waals surface area (Å²) in [7, 11) is -0.143. The lowest BCUT2D eigenvalue weighted by Gasteiger charge is -2.37. The summed E-state index contributed by atoms with van der Waals surface area (Å²) in [5.41, 5.74) is 0.261. The Morgan fingerprint density at radius 1 is 1.24 bits per heavy atom. The zero-order valence-electron chi connectivity index (χ0n) is 11.8. The summed E-state index contributed by atoms with van der Waals surface area (Å²) in [5, 5.41) is 0. The molecule has 100 valence electrons. The van der Waals surface area contributed by atoms with Crippen LogP contribution in [0.25, 0.3) is 0 Å². The van der Waals surface area contributed by atoms with E-state index >= 15 is 0 Å². The summed E-state index contributed by atoms with van der Waals surface area (Å²) < 4.78 is 16.4. The number of hydrogen-bond donors (Lipinski definition) is 0. The topological polar surface area (TPSA) is 26.3 Å². The average Bonchev–Trinajstić information content (AvgIpc) is 2.15. The van der Waals surface area contributed by atoms with Gasteiger partial charge in [0.2, 0.25) is 0 Å². The first-order chi connectivity index (χ1) is 7.87. The van der Waals surface area contributed by atoms with E-state index in [-0.39, 0.29) is 14.3 Å². The highest BCUT2D eigenvalue weighted by molar-refractivity contribution is 7.17. The molecule has 0 aromatic heterocycles. The molecule has 1 fully saturated rings. The summed E-state index contributed by atoms with van der Waals surface area (Å²) in [6, 6.07) is 0. The van der Waals surface area contributed by atoms with E-state index in [2.05, 4.69) is 27.7 Å². The van der Waals surface area contributed by atoms with Crippen molar-refractivity contribution in [1.82, 2.24) is 0 Å². The maximum Gasteiger partial charge on any atom is 0.327 e. The molecule has 0 bridgehead atoms. The molecule has 0 spiro atoms. The average molecular weight is 258 g/mol.